The maximum atomic E-state index is 11.6. The number of halogens is 1. The van der Waals surface area contributed by atoms with Gasteiger partial charge in [0.2, 0.25) is 0 Å². The molecule has 4 aromatic rings. The Morgan fingerprint density at radius 1 is 1.07 bits per heavy atom. The number of aromatic nitrogens is 1. The fourth-order valence-corrected chi connectivity index (χ4v) is 2.85. The maximum Gasteiger partial charge on any atom is 0.196 e. The van der Waals surface area contributed by atoms with Gasteiger partial charge in [-0.05, 0) is 29.8 Å². The molecule has 0 aliphatic carbocycles. The molecule has 0 aliphatic heterocycles. The van der Waals surface area contributed by atoms with Crippen LogP contribution in [-0.2, 0) is 6.61 Å². The first-order valence-electron chi connectivity index (χ1n) is 8.65. The number of nitrogens with one attached hydrogen (secondary N) is 1. The minimum atomic E-state index is -0.121. The Bertz CT molecular complexity index is 1140. The molecule has 5 nitrogen and oxygen atoms in total. The van der Waals surface area contributed by atoms with Crippen LogP contribution in [0.4, 0.5) is 10.2 Å². The maximum absolute atomic E-state index is 11.6. The molecular weight excluding hydrogens is 389 g/mol. The molecule has 0 spiro atoms. The number of nitrogens with two attached hydrogens (primary N) is 1. The summed E-state index contributed by atoms with van der Waals surface area (Å²) in [4.78, 5) is 7.54. The van der Waals surface area contributed by atoms with Crippen molar-refractivity contribution in [2.24, 2.45) is 0 Å². The van der Waals surface area contributed by atoms with E-state index in [1.54, 1.807) is 0 Å². The van der Waals surface area contributed by atoms with Crippen molar-refractivity contribution < 1.29 is 14.2 Å². The standard InChI is InChI=1S/C15H13NOS.C7H5FN2O/c18-15-9-16-14-8-12(6-7-13(14)15)17-10-11-4-2-1-3-5-11;8-11-7-3-5(4-9)1-2-6(7)10/h1-9,16,18H,10H2;1-3H,10H2. The van der Waals surface area contributed by atoms with Crippen LogP contribution in [0.3, 0.4) is 0 Å². The lowest BCUT2D eigenvalue weighted by molar-refractivity contribution is -0.00524. The first kappa shape index (κ1) is 20.1. The minimum Gasteiger partial charge on any atom is -0.489 e. The number of hydrogen-bond acceptors (Lipinski definition) is 5. The van der Waals surface area contributed by atoms with E-state index in [4.69, 9.17) is 15.7 Å². The number of thiol groups is 1. The van der Waals surface area contributed by atoms with Crippen molar-refractivity contribution in [1.29, 1.82) is 5.26 Å². The molecule has 3 aromatic carbocycles. The van der Waals surface area contributed by atoms with Crippen LogP contribution in [-0.4, -0.2) is 4.98 Å². The van der Waals surface area contributed by atoms with Crippen LogP contribution in [0.25, 0.3) is 10.9 Å². The number of aromatic amines is 1. The molecule has 0 saturated heterocycles. The van der Waals surface area contributed by atoms with Crippen LogP contribution in [0.2, 0.25) is 0 Å². The molecule has 0 amide bonds. The Labute approximate surface area is 172 Å². The normalized spacial score (nSPS) is 9.97. The summed E-state index contributed by atoms with van der Waals surface area (Å²) in [6, 6.07) is 22.1. The summed E-state index contributed by atoms with van der Waals surface area (Å²) in [5.41, 5.74) is 7.98. The Morgan fingerprint density at radius 3 is 2.59 bits per heavy atom. The molecule has 7 heteroatoms. The number of nitrogens with zero attached hydrogens (tertiary/aromatic N) is 1. The number of benzene rings is 3. The van der Waals surface area contributed by atoms with E-state index in [1.807, 2.05) is 48.7 Å². The van der Waals surface area contributed by atoms with Gasteiger partial charge in [-0.3, -0.25) is 4.94 Å². The van der Waals surface area contributed by atoms with Crippen molar-refractivity contribution in [3.63, 3.8) is 0 Å². The predicted molar refractivity (Wildman–Crippen MR) is 114 cm³/mol. The van der Waals surface area contributed by atoms with E-state index in [0.717, 1.165) is 21.5 Å². The van der Waals surface area contributed by atoms with Crippen LogP contribution >= 0.6 is 12.6 Å². The molecule has 0 fully saturated rings. The van der Waals surface area contributed by atoms with Crippen LogP contribution in [0.15, 0.2) is 77.8 Å². The second kappa shape index (κ2) is 9.53. The quantitative estimate of drug-likeness (QED) is 0.311. The van der Waals surface area contributed by atoms with E-state index < -0.39 is 0 Å². The van der Waals surface area contributed by atoms with E-state index in [9.17, 15) is 4.53 Å². The Morgan fingerprint density at radius 2 is 1.86 bits per heavy atom. The predicted octanol–water partition coefficient (Wildman–Crippen LogP) is 5.44. The molecule has 0 saturated carbocycles. The van der Waals surface area contributed by atoms with E-state index in [1.165, 1.54) is 23.8 Å². The molecule has 0 aliphatic rings. The molecule has 1 heterocycles. The highest BCUT2D eigenvalue weighted by Crippen LogP contribution is 2.25. The summed E-state index contributed by atoms with van der Waals surface area (Å²) in [5.74, 6) is 0.741. The number of ether oxygens (including phenoxy) is 1. The van der Waals surface area contributed by atoms with Crippen LogP contribution in [0, 0.1) is 11.3 Å². The second-order valence-corrected chi connectivity index (χ2v) is 6.58. The largest absolute Gasteiger partial charge is 0.489 e. The molecule has 0 atom stereocenters. The smallest absolute Gasteiger partial charge is 0.196 e. The Kier molecular flexibility index (Phi) is 6.61. The van der Waals surface area contributed by atoms with E-state index in [2.05, 4.69) is 34.7 Å². The van der Waals surface area contributed by atoms with Gasteiger partial charge in [0.15, 0.2) is 5.75 Å². The van der Waals surface area contributed by atoms with Gasteiger partial charge >= 0.3 is 0 Å². The van der Waals surface area contributed by atoms with Gasteiger partial charge in [0.25, 0.3) is 0 Å². The second-order valence-electron chi connectivity index (χ2n) is 6.10. The van der Waals surface area contributed by atoms with E-state index in [0.29, 0.717) is 12.2 Å². The van der Waals surface area contributed by atoms with Crippen molar-refractivity contribution in [1.82, 2.24) is 4.98 Å². The summed E-state index contributed by atoms with van der Waals surface area (Å²) in [6.45, 7) is 0.584. The van der Waals surface area contributed by atoms with Crippen molar-refractivity contribution in [3.8, 4) is 17.6 Å². The zero-order chi connectivity index (χ0) is 20.6. The van der Waals surface area contributed by atoms with Gasteiger partial charge in [0.05, 0.1) is 22.8 Å². The number of nitrogen functional groups attached to an aromatic ring is 1. The number of fused-ring (bicyclic) bond motifs is 1. The fraction of sp³-hybridized carbons (Fsp3) is 0.0455. The lowest BCUT2D eigenvalue weighted by Crippen LogP contribution is -1.94. The number of hydrogen-bond donors (Lipinski definition) is 3. The molecule has 4 rings (SSSR count). The molecule has 3 N–H and O–H groups in total. The summed E-state index contributed by atoms with van der Waals surface area (Å²) >= 11 is 4.37. The molecule has 146 valence electrons. The minimum absolute atomic E-state index is 0.121. The molecular formula is C22H18FN3O2S. The lowest BCUT2D eigenvalue weighted by atomic mass is 10.2. The SMILES string of the molecule is N#Cc1ccc(N)c(OF)c1.Sc1c[nH]c2cc(OCc3ccccc3)ccc12. The van der Waals surface area contributed by atoms with E-state index in [-0.39, 0.29) is 11.4 Å². The monoisotopic (exact) mass is 407 g/mol. The molecule has 0 bridgehead atoms. The third-order valence-electron chi connectivity index (χ3n) is 4.11. The molecule has 1 aromatic heterocycles. The van der Waals surface area contributed by atoms with Gasteiger partial charge in [0, 0.05) is 33.1 Å². The van der Waals surface area contributed by atoms with Crippen LogP contribution < -0.4 is 15.4 Å². The summed E-state index contributed by atoms with van der Waals surface area (Å²) in [5, 5.41) is 9.50. The summed E-state index contributed by atoms with van der Waals surface area (Å²) < 4.78 is 17.4. The van der Waals surface area contributed by atoms with Crippen molar-refractivity contribution >= 4 is 29.2 Å². The van der Waals surface area contributed by atoms with E-state index >= 15 is 0 Å². The lowest BCUT2D eigenvalue weighted by Gasteiger charge is -2.06. The summed E-state index contributed by atoms with van der Waals surface area (Å²) in [6.07, 6.45) is 1.88. The first-order chi connectivity index (χ1) is 14.1. The average molecular weight is 407 g/mol. The Balaban J connectivity index is 0.000000188. The molecule has 0 radical (unpaired) electrons. The van der Waals surface area contributed by atoms with Gasteiger partial charge in [-0.15, -0.1) is 12.6 Å². The van der Waals surface area contributed by atoms with Gasteiger partial charge in [-0.2, -0.15) is 5.26 Å². The highest BCUT2D eigenvalue weighted by Gasteiger charge is 2.03. The zero-order valence-electron chi connectivity index (χ0n) is 15.3. The Hall–Kier alpha value is -3.63. The number of rotatable bonds is 4. The van der Waals surface area contributed by atoms with Crippen molar-refractivity contribution in [2.45, 2.75) is 11.5 Å². The van der Waals surface area contributed by atoms with Gasteiger partial charge in [0.1, 0.15) is 12.4 Å². The van der Waals surface area contributed by atoms with Gasteiger partial charge in [-0.25, -0.2) is 0 Å². The van der Waals surface area contributed by atoms with Crippen LogP contribution in [0.1, 0.15) is 11.1 Å². The number of nitriles is 1. The number of H-pyrrole nitrogens is 1. The third-order valence-corrected chi connectivity index (χ3v) is 4.48. The number of anilines is 1. The zero-order valence-corrected chi connectivity index (χ0v) is 16.2. The highest BCUT2D eigenvalue weighted by atomic mass is 32.1. The highest BCUT2D eigenvalue weighted by molar-refractivity contribution is 7.80. The molecule has 0 unspecified atom stereocenters. The fourth-order valence-electron chi connectivity index (χ4n) is 2.59. The van der Waals surface area contributed by atoms with Gasteiger partial charge < -0.3 is 15.5 Å². The topological polar surface area (TPSA) is 84.1 Å². The van der Waals surface area contributed by atoms with Crippen molar-refractivity contribution in [3.05, 3.63) is 84.1 Å². The van der Waals surface area contributed by atoms with Crippen molar-refractivity contribution in [2.75, 3.05) is 5.73 Å². The average Bonchev–Trinajstić information content (AvgIpc) is 3.14. The third kappa shape index (κ3) is 5.21. The molecule has 29 heavy (non-hydrogen) atoms. The van der Waals surface area contributed by atoms with Crippen LogP contribution in [0.5, 0.6) is 11.5 Å². The summed E-state index contributed by atoms with van der Waals surface area (Å²) in [7, 11) is 0. The first-order valence-corrected chi connectivity index (χ1v) is 9.10. The van der Waals surface area contributed by atoms with Gasteiger partial charge in [-0.1, -0.05) is 30.3 Å².